The number of hydrogen-bond acceptors (Lipinski definition) is 3. The fourth-order valence-electron chi connectivity index (χ4n) is 3.43. The van der Waals surface area contributed by atoms with Crippen molar-refractivity contribution in [2.75, 3.05) is 24.5 Å². The number of nitrogens with zero attached hydrogens (tertiary/aromatic N) is 2. The van der Waals surface area contributed by atoms with Crippen LogP contribution in [0, 0.1) is 5.92 Å². The maximum absolute atomic E-state index is 12.6. The highest BCUT2D eigenvalue weighted by atomic mass is 16.2. The summed E-state index contributed by atoms with van der Waals surface area (Å²) in [5.41, 5.74) is 7.75. The third-order valence-corrected chi connectivity index (χ3v) is 4.76. The van der Waals surface area contributed by atoms with Gasteiger partial charge in [-0.2, -0.15) is 0 Å². The molecule has 126 valence electrons. The zero-order chi connectivity index (χ0) is 17.3. The normalized spacial score (nSPS) is 19.8. The van der Waals surface area contributed by atoms with Crippen molar-refractivity contribution in [2.24, 2.45) is 11.7 Å². The average Bonchev–Trinajstić information content (AvgIpc) is 3.09. The van der Waals surface area contributed by atoms with Gasteiger partial charge in [-0.15, -0.1) is 0 Å². The molecule has 0 bridgehead atoms. The number of aryl methyl sites for hydroxylation is 1. The first-order valence-corrected chi connectivity index (χ1v) is 8.16. The van der Waals surface area contributed by atoms with Gasteiger partial charge >= 0.3 is 0 Å². The molecule has 0 spiro atoms. The van der Waals surface area contributed by atoms with E-state index in [0.717, 1.165) is 24.1 Å². The minimum atomic E-state index is -0.352. The maximum atomic E-state index is 12.6. The molecule has 0 radical (unpaired) electrons. The van der Waals surface area contributed by atoms with Gasteiger partial charge in [-0.05, 0) is 49.1 Å². The molecule has 1 atom stereocenters. The number of amides is 3. The van der Waals surface area contributed by atoms with Crippen LogP contribution in [-0.4, -0.2) is 42.3 Å². The van der Waals surface area contributed by atoms with Gasteiger partial charge in [-0.25, -0.2) is 0 Å². The number of likely N-dealkylation sites (tertiary alicyclic amines) is 1. The molecule has 1 aromatic carbocycles. The number of nitrogens with two attached hydrogens (primary N) is 1. The van der Waals surface area contributed by atoms with Gasteiger partial charge in [-0.1, -0.05) is 6.58 Å². The number of primary amides is 1. The Kier molecular flexibility index (Phi) is 4.38. The molecule has 24 heavy (non-hydrogen) atoms. The molecule has 2 N–H and O–H groups in total. The van der Waals surface area contributed by atoms with Crippen molar-refractivity contribution in [3.8, 4) is 0 Å². The lowest BCUT2D eigenvalue weighted by Gasteiger charge is -2.29. The molecule has 2 aliphatic heterocycles. The summed E-state index contributed by atoms with van der Waals surface area (Å²) >= 11 is 0. The van der Waals surface area contributed by atoms with E-state index in [4.69, 9.17) is 5.73 Å². The summed E-state index contributed by atoms with van der Waals surface area (Å²) in [6.45, 7) is 5.13. The first kappa shape index (κ1) is 16.2. The van der Waals surface area contributed by atoms with Crippen LogP contribution in [0.5, 0.6) is 0 Å². The molecule has 2 heterocycles. The second-order valence-corrected chi connectivity index (χ2v) is 6.28. The number of fused-ring (bicyclic) bond motifs is 1. The van der Waals surface area contributed by atoms with Gasteiger partial charge in [-0.3, -0.25) is 14.4 Å². The Morgan fingerprint density at radius 1 is 1.25 bits per heavy atom. The fourth-order valence-corrected chi connectivity index (χ4v) is 3.43. The topological polar surface area (TPSA) is 83.7 Å². The summed E-state index contributed by atoms with van der Waals surface area (Å²) in [7, 11) is 0. The molecule has 1 saturated heterocycles. The Morgan fingerprint density at radius 3 is 2.71 bits per heavy atom. The van der Waals surface area contributed by atoms with E-state index < -0.39 is 0 Å². The van der Waals surface area contributed by atoms with Gasteiger partial charge in [0.2, 0.25) is 11.8 Å². The van der Waals surface area contributed by atoms with E-state index in [9.17, 15) is 14.4 Å². The third-order valence-electron chi connectivity index (χ3n) is 4.76. The second-order valence-electron chi connectivity index (χ2n) is 6.28. The standard InChI is InChI=1S/C18H21N3O3/c1-2-16(22)21-8-3-4-12-10-13(5-6-15(12)21)18(24)20-9-7-14(11-20)17(19)23/h2,5-6,10,14H,1,3-4,7-9,11H2,(H2,19,23). The van der Waals surface area contributed by atoms with Crippen molar-refractivity contribution in [1.82, 2.24) is 4.90 Å². The van der Waals surface area contributed by atoms with Crippen LogP contribution in [0.15, 0.2) is 30.9 Å². The van der Waals surface area contributed by atoms with E-state index in [1.165, 1.54) is 6.08 Å². The summed E-state index contributed by atoms with van der Waals surface area (Å²) in [4.78, 5) is 39.2. The smallest absolute Gasteiger partial charge is 0.253 e. The molecule has 1 fully saturated rings. The fraction of sp³-hybridized carbons (Fsp3) is 0.389. The van der Waals surface area contributed by atoms with Crippen molar-refractivity contribution in [3.05, 3.63) is 42.0 Å². The van der Waals surface area contributed by atoms with E-state index in [1.807, 2.05) is 12.1 Å². The number of rotatable bonds is 3. The molecule has 0 aromatic heterocycles. The van der Waals surface area contributed by atoms with Crippen molar-refractivity contribution >= 4 is 23.4 Å². The van der Waals surface area contributed by atoms with Crippen molar-refractivity contribution in [2.45, 2.75) is 19.3 Å². The van der Waals surface area contributed by atoms with Crippen LogP contribution in [0.4, 0.5) is 5.69 Å². The third kappa shape index (κ3) is 2.91. The molecule has 1 unspecified atom stereocenters. The first-order chi connectivity index (χ1) is 11.5. The minimum Gasteiger partial charge on any atom is -0.369 e. The van der Waals surface area contributed by atoms with E-state index in [-0.39, 0.29) is 23.6 Å². The van der Waals surface area contributed by atoms with Gasteiger partial charge in [0.05, 0.1) is 5.92 Å². The Balaban J connectivity index is 1.81. The molecular weight excluding hydrogens is 306 g/mol. The Hall–Kier alpha value is -2.63. The van der Waals surface area contributed by atoms with E-state index >= 15 is 0 Å². The van der Waals surface area contributed by atoms with Gasteiger partial charge in [0, 0.05) is 30.9 Å². The van der Waals surface area contributed by atoms with Crippen LogP contribution in [0.2, 0.25) is 0 Å². The van der Waals surface area contributed by atoms with Gasteiger partial charge in [0.1, 0.15) is 0 Å². The van der Waals surface area contributed by atoms with Crippen LogP contribution in [0.1, 0.15) is 28.8 Å². The monoisotopic (exact) mass is 327 g/mol. The molecule has 2 aliphatic rings. The first-order valence-electron chi connectivity index (χ1n) is 8.16. The summed E-state index contributed by atoms with van der Waals surface area (Å²) in [6.07, 6.45) is 3.62. The summed E-state index contributed by atoms with van der Waals surface area (Å²) in [5.74, 6) is -0.825. The highest BCUT2D eigenvalue weighted by Gasteiger charge is 2.31. The molecule has 6 heteroatoms. The van der Waals surface area contributed by atoms with Crippen LogP contribution >= 0.6 is 0 Å². The zero-order valence-electron chi connectivity index (χ0n) is 13.5. The highest BCUT2D eigenvalue weighted by molar-refractivity contribution is 6.02. The number of anilines is 1. The van der Waals surface area contributed by atoms with E-state index in [0.29, 0.717) is 31.6 Å². The van der Waals surface area contributed by atoms with Crippen LogP contribution < -0.4 is 10.6 Å². The van der Waals surface area contributed by atoms with E-state index in [2.05, 4.69) is 6.58 Å². The van der Waals surface area contributed by atoms with E-state index in [1.54, 1.807) is 15.9 Å². The van der Waals surface area contributed by atoms with Crippen molar-refractivity contribution < 1.29 is 14.4 Å². The van der Waals surface area contributed by atoms with Crippen LogP contribution in [-0.2, 0) is 16.0 Å². The largest absolute Gasteiger partial charge is 0.369 e. The highest BCUT2D eigenvalue weighted by Crippen LogP contribution is 2.29. The molecule has 0 aliphatic carbocycles. The maximum Gasteiger partial charge on any atom is 0.253 e. The molecule has 1 aromatic rings. The SMILES string of the molecule is C=CC(=O)N1CCCc2cc(C(=O)N3CCC(C(N)=O)C3)ccc21. The number of carbonyl (C=O) groups excluding carboxylic acids is 3. The lowest BCUT2D eigenvalue weighted by atomic mass is 9.98. The lowest BCUT2D eigenvalue weighted by Crippen LogP contribution is -2.35. The number of carbonyl (C=O) groups is 3. The summed E-state index contributed by atoms with van der Waals surface area (Å²) < 4.78 is 0. The zero-order valence-corrected chi connectivity index (χ0v) is 13.5. The summed E-state index contributed by atoms with van der Waals surface area (Å²) in [5, 5.41) is 0. The summed E-state index contributed by atoms with van der Waals surface area (Å²) in [6, 6.07) is 5.43. The number of benzene rings is 1. The minimum absolute atomic E-state index is 0.0891. The molecular formula is C18H21N3O3. The number of hydrogen-bond donors (Lipinski definition) is 1. The van der Waals surface area contributed by atoms with Crippen molar-refractivity contribution in [3.63, 3.8) is 0 Å². The second kappa shape index (κ2) is 6.47. The lowest BCUT2D eigenvalue weighted by molar-refractivity contribution is -0.121. The average molecular weight is 327 g/mol. The molecule has 0 saturated carbocycles. The predicted molar refractivity (Wildman–Crippen MR) is 90.5 cm³/mol. The molecule has 6 nitrogen and oxygen atoms in total. The van der Waals surface area contributed by atoms with Gasteiger partial charge < -0.3 is 15.5 Å². The van der Waals surface area contributed by atoms with Gasteiger partial charge in [0.15, 0.2) is 0 Å². The molecule has 3 rings (SSSR count). The Bertz CT molecular complexity index is 713. The van der Waals surface area contributed by atoms with Crippen molar-refractivity contribution in [1.29, 1.82) is 0 Å². The van der Waals surface area contributed by atoms with Crippen LogP contribution in [0.25, 0.3) is 0 Å². The Morgan fingerprint density at radius 2 is 2.04 bits per heavy atom. The Labute approximate surface area is 140 Å². The predicted octanol–water partition coefficient (Wildman–Crippen LogP) is 1.10. The van der Waals surface area contributed by atoms with Crippen LogP contribution in [0.3, 0.4) is 0 Å². The quantitative estimate of drug-likeness (QED) is 0.844. The van der Waals surface area contributed by atoms with Gasteiger partial charge in [0.25, 0.3) is 5.91 Å². The molecule has 3 amide bonds.